The maximum atomic E-state index is 12.6. The van der Waals surface area contributed by atoms with Crippen molar-refractivity contribution in [2.24, 2.45) is 0 Å². The summed E-state index contributed by atoms with van der Waals surface area (Å²) in [5, 5.41) is 3.04. The predicted octanol–water partition coefficient (Wildman–Crippen LogP) is 4.31. The zero-order valence-electron chi connectivity index (χ0n) is 14.0. The van der Waals surface area contributed by atoms with Gasteiger partial charge in [-0.3, -0.25) is 4.79 Å². The summed E-state index contributed by atoms with van der Waals surface area (Å²) in [5.41, 5.74) is 3.86. The van der Waals surface area contributed by atoms with Gasteiger partial charge in [0.05, 0.1) is 17.3 Å². The number of thiazole rings is 1. The highest BCUT2D eigenvalue weighted by Gasteiger charge is 2.25. The van der Waals surface area contributed by atoms with Crippen molar-refractivity contribution < 1.29 is 9.53 Å². The number of ether oxygens (including phenoxy) is 1. The lowest BCUT2D eigenvalue weighted by Crippen LogP contribution is -2.29. The molecule has 1 aliphatic carbocycles. The first-order valence-electron chi connectivity index (χ1n) is 8.67. The molecule has 4 nitrogen and oxygen atoms in total. The van der Waals surface area contributed by atoms with E-state index in [4.69, 9.17) is 4.74 Å². The van der Waals surface area contributed by atoms with Gasteiger partial charge in [0.15, 0.2) is 0 Å². The lowest BCUT2D eigenvalue weighted by atomic mass is 10.0. The van der Waals surface area contributed by atoms with Crippen molar-refractivity contribution in [3.05, 3.63) is 52.0 Å². The van der Waals surface area contributed by atoms with Crippen LogP contribution in [0.4, 0.5) is 0 Å². The predicted molar refractivity (Wildman–Crippen MR) is 96.5 cm³/mol. The Kier molecular flexibility index (Phi) is 5.99. The molecule has 0 saturated heterocycles. The number of hydrogen-bond acceptors (Lipinski definition) is 4. The lowest BCUT2D eigenvalue weighted by Gasteiger charge is -2.18. The van der Waals surface area contributed by atoms with E-state index >= 15 is 0 Å². The zero-order valence-corrected chi connectivity index (χ0v) is 14.8. The first-order valence-corrected chi connectivity index (χ1v) is 9.55. The van der Waals surface area contributed by atoms with Crippen LogP contribution in [0.15, 0.2) is 35.8 Å². The Morgan fingerprint density at radius 3 is 2.79 bits per heavy atom. The minimum absolute atomic E-state index is 0.0277. The van der Waals surface area contributed by atoms with Gasteiger partial charge < -0.3 is 10.1 Å². The van der Waals surface area contributed by atoms with Crippen molar-refractivity contribution in [3.8, 4) is 0 Å². The lowest BCUT2D eigenvalue weighted by molar-refractivity contribution is 0.0586. The number of nitrogens with one attached hydrogen (secondary N) is 1. The molecule has 1 amide bonds. The standard InChI is InChI=1S/C19H24N2O2S/c1-2-23-16(14-8-4-3-5-9-14)12-20-19(22)18-17(21-13-24-18)15-10-6-7-11-15/h3-5,8-9,13,15-16H,2,6-7,10-12H2,1H3,(H,20,22). The Morgan fingerprint density at radius 1 is 1.33 bits per heavy atom. The first-order chi connectivity index (χ1) is 11.8. The maximum Gasteiger partial charge on any atom is 0.263 e. The summed E-state index contributed by atoms with van der Waals surface area (Å²) in [6, 6.07) is 10.0. The Labute approximate surface area is 147 Å². The average Bonchev–Trinajstić information content (AvgIpc) is 3.29. The van der Waals surface area contributed by atoms with Crippen LogP contribution in [0.2, 0.25) is 0 Å². The Hall–Kier alpha value is -1.72. The SMILES string of the molecule is CCOC(CNC(=O)c1scnc1C1CCCC1)c1ccccc1. The van der Waals surface area contributed by atoms with Gasteiger partial charge in [0.1, 0.15) is 4.88 Å². The minimum atomic E-state index is -0.122. The summed E-state index contributed by atoms with van der Waals surface area (Å²) in [6.07, 6.45) is 4.65. The van der Waals surface area contributed by atoms with Crippen LogP contribution in [0.5, 0.6) is 0 Å². The smallest absolute Gasteiger partial charge is 0.263 e. The molecule has 0 radical (unpaired) electrons. The van der Waals surface area contributed by atoms with Crippen LogP contribution in [0.3, 0.4) is 0 Å². The van der Waals surface area contributed by atoms with Crippen LogP contribution in [0.1, 0.15) is 65.6 Å². The second kappa shape index (κ2) is 8.40. The summed E-state index contributed by atoms with van der Waals surface area (Å²) in [4.78, 5) is 17.9. The van der Waals surface area contributed by atoms with Gasteiger partial charge in [-0.25, -0.2) is 4.98 Å². The van der Waals surface area contributed by atoms with Crippen LogP contribution in [0.25, 0.3) is 0 Å². The summed E-state index contributed by atoms with van der Waals surface area (Å²) in [7, 11) is 0. The fourth-order valence-corrected chi connectivity index (χ4v) is 4.11. The normalized spacial score (nSPS) is 16.2. The summed E-state index contributed by atoms with van der Waals surface area (Å²) >= 11 is 1.44. The summed E-state index contributed by atoms with van der Waals surface area (Å²) in [5.74, 6) is 0.425. The van der Waals surface area contributed by atoms with Gasteiger partial charge in [0.2, 0.25) is 0 Å². The largest absolute Gasteiger partial charge is 0.372 e. The molecular formula is C19H24N2O2S. The van der Waals surface area contributed by atoms with Crippen molar-refractivity contribution in [1.29, 1.82) is 0 Å². The Bertz CT molecular complexity index is 650. The molecule has 0 spiro atoms. The van der Waals surface area contributed by atoms with E-state index < -0.39 is 0 Å². The van der Waals surface area contributed by atoms with E-state index in [1.165, 1.54) is 24.2 Å². The summed E-state index contributed by atoms with van der Waals surface area (Å²) in [6.45, 7) is 3.06. The highest BCUT2D eigenvalue weighted by molar-refractivity contribution is 7.11. The molecular weight excluding hydrogens is 320 g/mol. The second-order valence-corrected chi connectivity index (χ2v) is 6.97. The van der Waals surface area contributed by atoms with Gasteiger partial charge in [-0.2, -0.15) is 0 Å². The van der Waals surface area contributed by atoms with E-state index in [0.29, 0.717) is 19.1 Å². The molecule has 1 aromatic carbocycles. The van der Waals surface area contributed by atoms with E-state index in [9.17, 15) is 4.79 Å². The van der Waals surface area contributed by atoms with Gasteiger partial charge in [-0.05, 0) is 25.3 Å². The molecule has 1 fully saturated rings. The molecule has 1 atom stereocenters. The molecule has 3 rings (SSSR count). The molecule has 0 aliphatic heterocycles. The van der Waals surface area contributed by atoms with E-state index in [0.717, 1.165) is 29.0 Å². The third-order valence-electron chi connectivity index (χ3n) is 4.53. The summed E-state index contributed by atoms with van der Waals surface area (Å²) < 4.78 is 5.80. The van der Waals surface area contributed by atoms with E-state index in [1.807, 2.05) is 37.3 Å². The van der Waals surface area contributed by atoms with Crippen molar-refractivity contribution in [1.82, 2.24) is 10.3 Å². The van der Waals surface area contributed by atoms with Crippen LogP contribution in [-0.4, -0.2) is 24.0 Å². The van der Waals surface area contributed by atoms with Crippen molar-refractivity contribution >= 4 is 17.2 Å². The Morgan fingerprint density at radius 2 is 2.08 bits per heavy atom. The van der Waals surface area contributed by atoms with Gasteiger partial charge in [-0.1, -0.05) is 43.2 Å². The van der Waals surface area contributed by atoms with Gasteiger partial charge in [0, 0.05) is 19.1 Å². The van der Waals surface area contributed by atoms with Crippen LogP contribution in [-0.2, 0) is 4.74 Å². The van der Waals surface area contributed by atoms with E-state index in [-0.39, 0.29) is 12.0 Å². The maximum absolute atomic E-state index is 12.6. The van der Waals surface area contributed by atoms with Crippen molar-refractivity contribution in [2.45, 2.75) is 44.6 Å². The van der Waals surface area contributed by atoms with Gasteiger partial charge in [-0.15, -0.1) is 11.3 Å². The topological polar surface area (TPSA) is 51.2 Å². The number of amides is 1. The molecule has 1 aromatic heterocycles. The number of carbonyl (C=O) groups is 1. The first kappa shape index (κ1) is 17.1. The van der Waals surface area contributed by atoms with E-state index in [1.54, 1.807) is 5.51 Å². The fourth-order valence-electron chi connectivity index (χ4n) is 3.32. The molecule has 24 heavy (non-hydrogen) atoms. The molecule has 1 heterocycles. The number of benzene rings is 1. The highest BCUT2D eigenvalue weighted by Crippen LogP contribution is 2.36. The van der Waals surface area contributed by atoms with Crippen LogP contribution >= 0.6 is 11.3 Å². The molecule has 1 aliphatic rings. The highest BCUT2D eigenvalue weighted by atomic mass is 32.1. The number of nitrogens with zero attached hydrogens (tertiary/aromatic N) is 1. The third-order valence-corrected chi connectivity index (χ3v) is 5.37. The Balaban J connectivity index is 1.65. The quantitative estimate of drug-likeness (QED) is 0.814. The molecule has 2 aromatic rings. The monoisotopic (exact) mass is 344 g/mol. The minimum Gasteiger partial charge on any atom is -0.372 e. The number of aromatic nitrogens is 1. The van der Waals surface area contributed by atoms with Crippen LogP contribution < -0.4 is 5.32 Å². The number of rotatable bonds is 7. The third kappa shape index (κ3) is 4.02. The van der Waals surface area contributed by atoms with Gasteiger partial charge >= 0.3 is 0 Å². The molecule has 128 valence electrons. The molecule has 1 N–H and O–H groups in total. The molecule has 1 saturated carbocycles. The van der Waals surface area contributed by atoms with Crippen molar-refractivity contribution in [2.75, 3.05) is 13.2 Å². The zero-order chi connectivity index (χ0) is 16.8. The molecule has 5 heteroatoms. The second-order valence-electron chi connectivity index (χ2n) is 6.11. The van der Waals surface area contributed by atoms with Gasteiger partial charge in [0.25, 0.3) is 5.91 Å². The van der Waals surface area contributed by atoms with Crippen molar-refractivity contribution in [3.63, 3.8) is 0 Å². The number of hydrogen-bond donors (Lipinski definition) is 1. The van der Waals surface area contributed by atoms with Crippen LogP contribution in [0, 0.1) is 0 Å². The van der Waals surface area contributed by atoms with E-state index in [2.05, 4.69) is 10.3 Å². The fraction of sp³-hybridized carbons (Fsp3) is 0.474. The molecule has 1 unspecified atom stereocenters. The number of carbonyl (C=O) groups excluding carboxylic acids is 1. The average molecular weight is 344 g/mol. The molecule has 0 bridgehead atoms.